The minimum atomic E-state index is -0.275. The number of benzene rings is 1. The summed E-state index contributed by atoms with van der Waals surface area (Å²) in [5.74, 6) is 0.789. The van der Waals surface area contributed by atoms with Crippen LogP contribution in [0.4, 0.5) is 0 Å². The van der Waals surface area contributed by atoms with Crippen molar-refractivity contribution in [2.45, 2.75) is 11.3 Å². The number of hydrogen-bond acceptors (Lipinski definition) is 5. The van der Waals surface area contributed by atoms with Gasteiger partial charge >= 0.3 is 0 Å². The van der Waals surface area contributed by atoms with Crippen LogP contribution in [-0.4, -0.2) is 32.5 Å². The third-order valence-corrected chi connectivity index (χ3v) is 3.03. The highest BCUT2D eigenvalue weighted by Gasteiger charge is 2.16. The molecule has 1 rings (SSSR count). The number of ether oxygens (including phenoxy) is 2. The van der Waals surface area contributed by atoms with Crippen LogP contribution in [0, 0.1) is 0 Å². The Labute approximate surface area is 104 Å². The van der Waals surface area contributed by atoms with Crippen LogP contribution in [0.25, 0.3) is 0 Å². The van der Waals surface area contributed by atoms with Crippen LogP contribution in [-0.2, 0) is 4.79 Å². The van der Waals surface area contributed by atoms with Crippen LogP contribution in [0.2, 0.25) is 0 Å². The molecule has 0 unspecified atom stereocenters. The van der Waals surface area contributed by atoms with Crippen molar-refractivity contribution in [2.24, 2.45) is 0 Å². The summed E-state index contributed by atoms with van der Waals surface area (Å²) in [4.78, 5) is 23.0. The first-order valence-corrected chi connectivity index (χ1v) is 6.17. The molecule has 0 aliphatic carbocycles. The Hall–Kier alpha value is -1.49. The number of Topliss-reactive ketones (excluding diaryl/α,β-unsaturated/α-hetero) is 1. The molecule has 0 aliphatic heterocycles. The lowest BCUT2D eigenvalue weighted by Gasteiger charge is -2.12. The third-order valence-electron chi connectivity index (χ3n) is 2.27. The van der Waals surface area contributed by atoms with Gasteiger partial charge < -0.3 is 14.3 Å². The summed E-state index contributed by atoms with van der Waals surface area (Å²) < 4.78 is 10.3. The lowest BCUT2D eigenvalue weighted by atomic mass is 10.1. The molecule has 0 spiro atoms. The molecule has 1 aromatic carbocycles. The standard InChI is InChI=1S/C12H14O4S/c1-15-10-7-12(17-3)11(16-2)6-8(10)9(14)4-5-13/h5-7H,4H2,1-3H3. The molecule has 17 heavy (non-hydrogen) atoms. The van der Waals surface area contributed by atoms with E-state index in [1.807, 2.05) is 6.26 Å². The fourth-order valence-electron chi connectivity index (χ4n) is 1.43. The smallest absolute Gasteiger partial charge is 0.173 e. The van der Waals surface area contributed by atoms with Gasteiger partial charge in [-0.2, -0.15) is 0 Å². The van der Waals surface area contributed by atoms with Crippen molar-refractivity contribution >= 4 is 23.8 Å². The first kappa shape index (κ1) is 13.6. The Morgan fingerprint density at radius 3 is 2.41 bits per heavy atom. The van der Waals surface area contributed by atoms with Crippen LogP contribution < -0.4 is 9.47 Å². The zero-order valence-electron chi connectivity index (χ0n) is 9.98. The summed E-state index contributed by atoms with van der Waals surface area (Å²) in [7, 11) is 3.03. The average molecular weight is 254 g/mol. The van der Waals surface area contributed by atoms with Gasteiger partial charge in [-0.3, -0.25) is 4.79 Å². The van der Waals surface area contributed by atoms with E-state index in [2.05, 4.69) is 0 Å². The largest absolute Gasteiger partial charge is 0.496 e. The summed E-state index contributed by atoms with van der Waals surface area (Å²) in [5, 5.41) is 0. The van der Waals surface area contributed by atoms with Crippen LogP contribution in [0.15, 0.2) is 17.0 Å². The Balaban J connectivity index is 3.27. The van der Waals surface area contributed by atoms with E-state index in [0.717, 1.165) is 4.90 Å². The van der Waals surface area contributed by atoms with Crippen LogP contribution in [0.3, 0.4) is 0 Å². The SMILES string of the molecule is COc1cc(C(=O)CC=O)c(OC)cc1SC. The quantitative estimate of drug-likeness (QED) is 0.337. The molecule has 0 saturated carbocycles. The van der Waals surface area contributed by atoms with E-state index in [1.165, 1.54) is 26.0 Å². The van der Waals surface area contributed by atoms with Gasteiger partial charge in [0.25, 0.3) is 0 Å². The summed E-state index contributed by atoms with van der Waals surface area (Å²) in [6, 6.07) is 3.35. The van der Waals surface area contributed by atoms with E-state index in [1.54, 1.807) is 12.1 Å². The molecule has 0 atom stereocenters. The minimum absolute atomic E-state index is 0.155. The van der Waals surface area contributed by atoms with E-state index in [0.29, 0.717) is 23.3 Å². The predicted molar refractivity (Wildman–Crippen MR) is 66.3 cm³/mol. The molecule has 0 N–H and O–H groups in total. The molecule has 0 heterocycles. The maximum atomic E-state index is 11.7. The number of aldehydes is 1. The normalized spacial score (nSPS) is 9.82. The van der Waals surface area contributed by atoms with Crippen molar-refractivity contribution in [2.75, 3.05) is 20.5 Å². The maximum absolute atomic E-state index is 11.7. The van der Waals surface area contributed by atoms with Gasteiger partial charge in [-0.15, -0.1) is 11.8 Å². The van der Waals surface area contributed by atoms with Crippen molar-refractivity contribution in [1.82, 2.24) is 0 Å². The van der Waals surface area contributed by atoms with Crippen molar-refractivity contribution in [3.63, 3.8) is 0 Å². The third kappa shape index (κ3) is 3.00. The molecule has 0 aliphatic rings. The molecular formula is C12H14O4S. The molecule has 0 fully saturated rings. The Morgan fingerprint density at radius 1 is 1.29 bits per heavy atom. The van der Waals surface area contributed by atoms with Gasteiger partial charge in [0.05, 0.1) is 31.1 Å². The second kappa shape index (κ2) is 6.30. The first-order valence-electron chi connectivity index (χ1n) is 4.94. The second-order valence-corrected chi connectivity index (χ2v) is 4.05. The van der Waals surface area contributed by atoms with E-state index >= 15 is 0 Å². The Morgan fingerprint density at radius 2 is 1.94 bits per heavy atom. The van der Waals surface area contributed by atoms with E-state index in [4.69, 9.17) is 9.47 Å². The number of carbonyl (C=O) groups excluding carboxylic acids is 2. The van der Waals surface area contributed by atoms with E-state index in [9.17, 15) is 9.59 Å². The van der Waals surface area contributed by atoms with Gasteiger partial charge in [-0.25, -0.2) is 0 Å². The lowest BCUT2D eigenvalue weighted by molar-refractivity contribution is -0.107. The van der Waals surface area contributed by atoms with Crippen molar-refractivity contribution < 1.29 is 19.1 Å². The summed E-state index contributed by atoms with van der Waals surface area (Å²) in [6.07, 6.45) is 2.33. The van der Waals surface area contributed by atoms with Gasteiger partial charge in [0.1, 0.15) is 17.8 Å². The van der Waals surface area contributed by atoms with Crippen molar-refractivity contribution in [3.8, 4) is 11.5 Å². The predicted octanol–water partition coefficient (Wildman–Crippen LogP) is 2.20. The molecule has 92 valence electrons. The number of methoxy groups -OCH3 is 2. The second-order valence-electron chi connectivity index (χ2n) is 3.20. The first-order chi connectivity index (χ1) is 8.17. The summed E-state index contributed by atoms with van der Waals surface area (Å²) in [6.45, 7) is 0. The monoisotopic (exact) mass is 254 g/mol. The molecule has 4 nitrogen and oxygen atoms in total. The number of hydrogen-bond donors (Lipinski definition) is 0. The van der Waals surface area contributed by atoms with Crippen LogP contribution in [0.1, 0.15) is 16.8 Å². The maximum Gasteiger partial charge on any atom is 0.173 e. The number of thioether (sulfide) groups is 1. The summed E-state index contributed by atoms with van der Waals surface area (Å²) in [5.41, 5.74) is 0.370. The molecule has 0 amide bonds. The highest BCUT2D eigenvalue weighted by atomic mass is 32.2. The molecule has 5 heteroatoms. The highest BCUT2D eigenvalue weighted by Crippen LogP contribution is 2.34. The van der Waals surface area contributed by atoms with Crippen LogP contribution >= 0.6 is 11.8 Å². The minimum Gasteiger partial charge on any atom is -0.496 e. The number of rotatable bonds is 6. The molecule has 0 bridgehead atoms. The lowest BCUT2D eigenvalue weighted by Crippen LogP contribution is -2.04. The van der Waals surface area contributed by atoms with Crippen molar-refractivity contribution in [3.05, 3.63) is 17.7 Å². The van der Waals surface area contributed by atoms with Gasteiger partial charge in [-0.1, -0.05) is 0 Å². The molecule has 0 saturated heterocycles. The van der Waals surface area contributed by atoms with Gasteiger partial charge in [0, 0.05) is 0 Å². The zero-order chi connectivity index (χ0) is 12.8. The molecule has 0 aromatic heterocycles. The number of ketones is 1. The molecule has 0 radical (unpaired) electrons. The summed E-state index contributed by atoms with van der Waals surface area (Å²) >= 11 is 1.50. The van der Waals surface area contributed by atoms with Crippen LogP contribution in [0.5, 0.6) is 11.5 Å². The van der Waals surface area contributed by atoms with Gasteiger partial charge in [-0.05, 0) is 18.4 Å². The molecular weight excluding hydrogens is 240 g/mol. The Bertz CT molecular complexity index is 429. The zero-order valence-corrected chi connectivity index (χ0v) is 10.8. The fourth-order valence-corrected chi connectivity index (χ4v) is 2.00. The molecule has 1 aromatic rings. The fraction of sp³-hybridized carbons (Fsp3) is 0.333. The van der Waals surface area contributed by atoms with Crippen molar-refractivity contribution in [1.29, 1.82) is 0 Å². The topological polar surface area (TPSA) is 52.6 Å². The van der Waals surface area contributed by atoms with E-state index < -0.39 is 0 Å². The van der Waals surface area contributed by atoms with E-state index in [-0.39, 0.29) is 12.2 Å². The average Bonchev–Trinajstić information content (AvgIpc) is 2.37. The Kier molecular flexibility index (Phi) is 5.03. The number of carbonyl (C=O) groups is 2. The van der Waals surface area contributed by atoms with Gasteiger partial charge in [0.15, 0.2) is 5.78 Å². The highest BCUT2D eigenvalue weighted by molar-refractivity contribution is 7.98. The van der Waals surface area contributed by atoms with Gasteiger partial charge in [0.2, 0.25) is 0 Å².